The van der Waals surface area contributed by atoms with Gasteiger partial charge in [0.25, 0.3) is 0 Å². The first-order valence-corrected chi connectivity index (χ1v) is 3.14. The number of hydrogen-bond donors (Lipinski definition) is 0. The van der Waals surface area contributed by atoms with Gasteiger partial charge in [0.05, 0.1) is 12.0 Å². The molecule has 1 rings (SSSR count). The Morgan fingerprint density at radius 1 is 1.70 bits per heavy atom. The molecule has 0 fully saturated rings. The van der Waals surface area contributed by atoms with Crippen molar-refractivity contribution in [1.82, 2.24) is 0 Å². The molecule has 0 aromatic heterocycles. The average molecular weight is 137 g/mol. The molecule has 1 aliphatic carbocycles. The Kier molecular flexibility index (Phi) is 1.86. The van der Waals surface area contributed by atoms with Crippen molar-refractivity contribution in [3.8, 4) is 6.07 Å². The molecule has 1 nitrogen and oxygen atoms in total. The highest BCUT2D eigenvalue weighted by Gasteiger charge is 2.17. The molecule has 2 unspecified atom stereocenters. The summed E-state index contributed by atoms with van der Waals surface area (Å²) in [6, 6.07) is 1.87. The van der Waals surface area contributed by atoms with E-state index in [9.17, 15) is 4.39 Å². The van der Waals surface area contributed by atoms with Crippen LogP contribution in [0, 0.1) is 17.2 Å². The first-order chi connectivity index (χ1) is 4.74. The Morgan fingerprint density at radius 2 is 2.40 bits per heavy atom. The van der Waals surface area contributed by atoms with Crippen LogP contribution in [0.2, 0.25) is 0 Å². The van der Waals surface area contributed by atoms with Crippen molar-refractivity contribution < 1.29 is 4.39 Å². The summed E-state index contributed by atoms with van der Waals surface area (Å²) in [7, 11) is 0. The fourth-order valence-electron chi connectivity index (χ4n) is 0.886. The maximum absolute atomic E-state index is 12.7. The number of nitriles is 1. The summed E-state index contributed by atoms with van der Waals surface area (Å²) in [6.45, 7) is 1.82. The molecule has 0 amide bonds. The van der Waals surface area contributed by atoms with E-state index in [-0.39, 0.29) is 0 Å². The molecule has 0 spiro atoms. The van der Waals surface area contributed by atoms with Crippen LogP contribution in [0.4, 0.5) is 4.39 Å². The topological polar surface area (TPSA) is 23.8 Å². The third kappa shape index (κ3) is 1.24. The largest absolute Gasteiger partial charge is 0.241 e. The van der Waals surface area contributed by atoms with Crippen LogP contribution in [-0.2, 0) is 0 Å². The van der Waals surface area contributed by atoms with Crippen molar-refractivity contribution in [3.63, 3.8) is 0 Å². The Bertz CT molecular complexity index is 222. The monoisotopic (exact) mass is 137 g/mol. The predicted octanol–water partition coefficient (Wildman–Crippen LogP) is 1.98. The van der Waals surface area contributed by atoms with Gasteiger partial charge >= 0.3 is 0 Å². The Balaban J connectivity index is 2.76. The lowest BCUT2D eigenvalue weighted by Crippen LogP contribution is -2.11. The van der Waals surface area contributed by atoms with Crippen LogP contribution >= 0.6 is 0 Å². The molecule has 10 heavy (non-hydrogen) atoms. The van der Waals surface area contributed by atoms with E-state index in [4.69, 9.17) is 5.26 Å². The highest BCUT2D eigenvalue weighted by Crippen LogP contribution is 2.18. The number of allylic oxidation sites excluding steroid dienone is 4. The van der Waals surface area contributed by atoms with Gasteiger partial charge in [0.15, 0.2) is 0 Å². The Labute approximate surface area is 59.5 Å². The molecule has 0 aliphatic heterocycles. The number of alkyl halides is 1. The minimum absolute atomic E-state index is 0.580. The van der Waals surface area contributed by atoms with E-state index in [2.05, 4.69) is 0 Å². The van der Waals surface area contributed by atoms with E-state index in [1.807, 2.05) is 13.0 Å². The molecule has 0 N–H and O–H groups in total. The van der Waals surface area contributed by atoms with Gasteiger partial charge in [-0.05, 0) is 13.0 Å². The first kappa shape index (κ1) is 7.01. The minimum Gasteiger partial charge on any atom is -0.241 e. The number of nitrogens with zero attached hydrogens (tertiary/aromatic N) is 1. The zero-order chi connectivity index (χ0) is 7.56. The number of halogens is 1. The standard InChI is InChI=1S/C8H8FN/c1-6-2-3-7(5-10)8(9)4-6/h2-4,7-8H,1H3. The fraction of sp³-hybridized carbons (Fsp3) is 0.375. The van der Waals surface area contributed by atoms with Gasteiger partial charge in [-0.1, -0.05) is 17.7 Å². The van der Waals surface area contributed by atoms with Crippen molar-refractivity contribution >= 4 is 0 Å². The molecule has 0 aromatic rings. The minimum atomic E-state index is -1.12. The predicted molar refractivity (Wildman–Crippen MR) is 36.9 cm³/mol. The maximum Gasteiger partial charge on any atom is 0.138 e. The molecule has 52 valence electrons. The van der Waals surface area contributed by atoms with E-state index in [1.165, 1.54) is 6.08 Å². The molecule has 0 saturated heterocycles. The van der Waals surface area contributed by atoms with Gasteiger partial charge in [-0.3, -0.25) is 0 Å². The van der Waals surface area contributed by atoms with Gasteiger partial charge in [0.2, 0.25) is 0 Å². The lowest BCUT2D eigenvalue weighted by molar-refractivity contribution is 0.357. The zero-order valence-corrected chi connectivity index (χ0v) is 5.71. The molecular formula is C8H8FN. The fourth-order valence-corrected chi connectivity index (χ4v) is 0.886. The molecule has 0 heterocycles. The number of rotatable bonds is 0. The van der Waals surface area contributed by atoms with Crippen molar-refractivity contribution in [2.24, 2.45) is 5.92 Å². The van der Waals surface area contributed by atoms with Crippen molar-refractivity contribution in [1.29, 1.82) is 5.26 Å². The summed E-state index contributed by atoms with van der Waals surface area (Å²) < 4.78 is 12.7. The maximum atomic E-state index is 12.7. The van der Waals surface area contributed by atoms with Gasteiger partial charge in [0.1, 0.15) is 6.17 Å². The van der Waals surface area contributed by atoms with E-state index < -0.39 is 12.1 Å². The molecule has 2 atom stereocenters. The SMILES string of the molecule is CC1=CC(F)C(C#N)C=C1. The first-order valence-electron chi connectivity index (χ1n) is 3.14. The summed E-state index contributed by atoms with van der Waals surface area (Å²) in [6.07, 6.45) is 3.72. The smallest absolute Gasteiger partial charge is 0.138 e. The van der Waals surface area contributed by atoms with Crippen LogP contribution < -0.4 is 0 Å². The molecule has 2 heteroatoms. The quantitative estimate of drug-likeness (QED) is 0.500. The van der Waals surface area contributed by atoms with E-state index in [0.29, 0.717) is 0 Å². The normalized spacial score (nSPS) is 31.1. The van der Waals surface area contributed by atoms with Gasteiger partial charge in [-0.2, -0.15) is 5.26 Å². The van der Waals surface area contributed by atoms with Crippen LogP contribution in [0.1, 0.15) is 6.92 Å². The molecule has 1 aliphatic rings. The van der Waals surface area contributed by atoms with Gasteiger partial charge < -0.3 is 0 Å². The molecule has 0 saturated carbocycles. The molecular weight excluding hydrogens is 129 g/mol. The lowest BCUT2D eigenvalue weighted by atomic mass is 9.97. The second-order valence-corrected chi connectivity index (χ2v) is 2.37. The van der Waals surface area contributed by atoms with Crippen LogP contribution in [0.25, 0.3) is 0 Å². The highest BCUT2D eigenvalue weighted by molar-refractivity contribution is 5.27. The van der Waals surface area contributed by atoms with E-state index in [1.54, 1.807) is 12.2 Å². The Morgan fingerprint density at radius 3 is 2.90 bits per heavy atom. The highest BCUT2D eigenvalue weighted by atomic mass is 19.1. The summed E-state index contributed by atoms with van der Waals surface area (Å²) in [4.78, 5) is 0. The van der Waals surface area contributed by atoms with Crippen LogP contribution in [0.15, 0.2) is 23.8 Å². The van der Waals surface area contributed by atoms with Crippen LogP contribution in [0.5, 0.6) is 0 Å². The summed E-state index contributed by atoms with van der Waals surface area (Å²) in [5.41, 5.74) is 0.888. The van der Waals surface area contributed by atoms with Crippen LogP contribution in [-0.4, -0.2) is 6.17 Å². The number of hydrogen-bond acceptors (Lipinski definition) is 1. The second-order valence-electron chi connectivity index (χ2n) is 2.37. The van der Waals surface area contributed by atoms with Gasteiger partial charge in [-0.15, -0.1) is 0 Å². The summed E-state index contributed by atoms with van der Waals surface area (Å²) in [5, 5.41) is 8.38. The van der Waals surface area contributed by atoms with Gasteiger partial charge in [-0.25, -0.2) is 4.39 Å². The molecule has 0 radical (unpaired) electrons. The second kappa shape index (κ2) is 2.66. The summed E-state index contributed by atoms with van der Waals surface area (Å²) in [5.74, 6) is -0.580. The van der Waals surface area contributed by atoms with E-state index in [0.717, 1.165) is 5.57 Å². The molecule has 0 aromatic carbocycles. The van der Waals surface area contributed by atoms with E-state index >= 15 is 0 Å². The van der Waals surface area contributed by atoms with Gasteiger partial charge in [0, 0.05) is 0 Å². The van der Waals surface area contributed by atoms with Crippen molar-refractivity contribution in [3.05, 3.63) is 23.8 Å². The summed E-state index contributed by atoms with van der Waals surface area (Å²) >= 11 is 0. The lowest BCUT2D eigenvalue weighted by Gasteiger charge is -2.10. The van der Waals surface area contributed by atoms with Crippen LogP contribution in [0.3, 0.4) is 0 Å². The molecule has 0 bridgehead atoms. The van der Waals surface area contributed by atoms with Crippen molar-refractivity contribution in [2.45, 2.75) is 13.1 Å². The van der Waals surface area contributed by atoms with Crippen molar-refractivity contribution in [2.75, 3.05) is 0 Å². The third-order valence-electron chi connectivity index (χ3n) is 1.48. The Hall–Kier alpha value is -1.10. The third-order valence-corrected chi connectivity index (χ3v) is 1.48. The zero-order valence-electron chi connectivity index (χ0n) is 5.71. The average Bonchev–Trinajstić information content (AvgIpc) is 1.88.